The summed E-state index contributed by atoms with van der Waals surface area (Å²) in [5.41, 5.74) is -1.04. The van der Waals surface area contributed by atoms with Gasteiger partial charge in [0.15, 0.2) is 0 Å². The van der Waals surface area contributed by atoms with Crippen LogP contribution in [0.5, 0.6) is 0 Å². The van der Waals surface area contributed by atoms with Crippen molar-refractivity contribution in [2.45, 2.75) is 25.9 Å². The molecule has 0 amide bonds. The summed E-state index contributed by atoms with van der Waals surface area (Å²) in [7, 11) is 1.34. The van der Waals surface area contributed by atoms with Crippen LogP contribution >= 0.6 is 0 Å². The highest BCUT2D eigenvalue weighted by molar-refractivity contribution is 5.74. The molecule has 1 heterocycles. The molecule has 1 saturated heterocycles. The molecule has 1 N–H and O–H groups in total. The average molecular weight is 202 g/mol. The van der Waals surface area contributed by atoms with E-state index in [0.29, 0.717) is 13.0 Å². The Morgan fingerprint density at radius 3 is 2.57 bits per heavy atom. The maximum absolute atomic E-state index is 11.5. The Labute approximate surface area is 84.2 Å². The van der Waals surface area contributed by atoms with Gasteiger partial charge in [0.25, 0.3) is 0 Å². The van der Waals surface area contributed by atoms with Gasteiger partial charge >= 0.3 is 5.97 Å². The maximum atomic E-state index is 11.5. The quantitative estimate of drug-likeness (QED) is 0.680. The summed E-state index contributed by atoms with van der Waals surface area (Å²) in [4.78, 5) is 11.5. The summed E-state index contributed by atoms with van der Waals surface area (Å²) >= 11 is 0. The van der Waals surface area contributed by atoms with Crippen molar-refractivity contribution in [3.63, 3.8) is 0 Å². The summed E-state index contributed by atoms with van der Waals surface area (Å²) in [6.45, 7) is 4.54. The van der Waals surface area contributed by atoms with E-state index in [0.717, 1.165) is 0 Å². The molecule has 1 fully saturated rings. The smallest absolute Gasteiger partial charge is 0.311 e. The van der Waals surface area contributed by atoms with Crippen molar-refractivity contribution in [2.75, 3.05) is 20.3 Å². The number of carbonyl (C=O) groups excluding carboxylic acids is 1. The highest BCUT2D eigenvalue weighted by atomic mass is 16.5. The minimum Gasteiger partial charge on any atom is -0.469 e. The third-order valence-corrected chi connectivity index (χ3v) is 2.73. The third kappa shape index (κ3) is 2.07. The van der Waals surface area contributed by atoms with Crippen molar-refractivity contribution in [2.24, 2.45) is 11.8 Å². The fourth-order valence-corrected chi connectivity index (χ4v) is 2.05. The van der Waals surface area contributed by atoms with E-state index in [1.54, 1.807) is 0 Å². The molecule has 4 nitrogen and oxygen atoms in total. The van der Waals surface area contributed by atoms with E-state index in [1.165, 1.54) is 7.11 Å². The first-order valence-corrected chi connectivity index (χ1v) is 4.89. The zero-order valence-corrected chi connectivity index (χ0v) is 8.95. The molecule has 0 saturated carbocycles. The highest BCUT2D eigenvalue weighted by Crippen LogP contribution is 2.33. The van der Waals surface area contributed by atoms with Crippen molar-refractivity contribution in [3.05, 3.63) is 0 Å². The van der Waals surface area contributed by atoms with Crippen LogP contribution in [0, 0.1) is 11.8 Å². The molecule has 0 radical (unpaired) electrons. The Kier molecular flexibility index (Phi) is 3.50. The lowest BCUT2D eigenvalue weighted by Gasteiger charge is -2.31. The Bertz CT molecular complexity index is 206. The molecule has 0 aromatic heterocycles. The van der Waals surface area contributed by atoms with Gasteiger partial charge in [0.1, 0.15) is 5.60 Å². The number of hydrogen-bond donors (Lipinski definition) is 1. The van der Waals surface area contributed by atoms with Crippen LogP contribution in [-0.4, -0.2) is 37.0 Å². The molecule has 2 atom stereocenters. The molecule has 0 spiro atoms. The van der Waals surface area contributed by atoms with Gasteiger partial charge in [0.2, 0.25) is 0 Å². The van der Waals surface area contributed by atoms with E-state index in [9.17, 15) is 9.90 Å². The fraction of sp³-hybridized carbons (Fsp3) is 0.900. The fourth-order valence-electron chi connectivity index (χ4n) is 2.05. The number of esters is 1. The largest absolute Gasteiger partial charge is 0.469 e. The lowest BCUT2D eigenvalue weighted by atomic mass is 9.79. The zero-order chi connectivity index (χ0) is 10.8. The van der Waals surface area contributed by atoms with Crippen molar-refractivity contribution in [1.82, 2.24) is 0 Å². The molecule has 1 rings (SSSR count). The molecule has 0 aliphatic carbocycles. The number of rotatable bonds is 3. The molecular formula is C10H18O4. The normalized spacial score (nSPS) is 29.2. The first-order chi connectivity index (χ1) is 6.51. The van der Waals surface area contributed by atoms with Gasteiger partial charge in [0, 0.05) is 13.0 Å². The molecule has 14 heavy (non-hydrogen) atoms. The predicted molar refractivity (Wildman–Crippen MR) is 50.7 cm³/mol. The summed E-state index contributed by atoms with van der Waals surface area (Å²) in [6, 6.07) is 0. The average Bonchev–Trinajstić information content (AvgIpc) is 2.51. The Morgan fingerprint density at radius 1 is 1.57 bits per heavy atom. The highest BCUT2D eigenvalue weighted by Gasteiger charge is 2.46. The number of carbonyl (C=O) groups is 1. The van der Waals surface area contributed by atoms with Crippen LogP contribution < -0.4 is 0 Å². The summed E-state index contributed by atoms with van der Waals surface area (Å²) in [5.74, 6) is -0.794. The number of hydrogen-bond acceptors (Lipinski definition) is 4. The Balaban J connectivity index is 2.81. The van der Waals surface area contributed by atoms with E-state index in [4.69, 9.17) is 9.47 Å². The second-order valence-electron chi connectivity index (χ2n) is 4.15. The van der Waals surface area contributed by atoms with Crippen molar-refractivity contribution in [1.29, 1.82) is 0 Å². The third-order valence-electron chi connectivity index (χ3n) is 2.73. The molecule has 0 aromatic carbocycles. The zero-order valence-electron chi connectivity index (χ0n) is 8.95. The topological polar surface area (TPSA) is 55.8 Å². The monoisotopic (exact) mass is 202 g/mol. The molecule has 1 aliphatic heterocycles. The van der Waals surface area contributed by atoms with E-state index in [1.807, 2.05) is 13.8 Å². The van der Waals surface area contributed by atoms with Crippen LogP contribution in [0.1, 0.15) is 20.3 Å². The maximum Gasteiger partial charge on any atom is 0.311 e. The molecular weight excluding hydrogens is 184 g/mol. The molecule has 1 aliphatic rings. The van der Waals surface area contributed by atoms with E-state index < -0.39 is 11.5 Å². The van der Waals surface area contributed by atoms with Crippen LogP contribution in [-0.2, 0) is 14.3 Å². The molecule has 2 unspecified atom stereocenters. The van der Waals surface area contributed by atoms with Gasteiger partial charge in [-0.15, -0.1) is 0 Å². The lowest BCUT2D eigenvalue weighted by Crippen LogP contribution is -2.46. The molecule has 0 bridgehead atoms. The van der Waals surface area contributed by atoms with Crippen LogP contribution in [0.3, 0.4) is 0 Å². The number of aliphatic hydroxyl groups is 1. The molecule has 0 aromatic rings. The second-order valence-corrected chi connectivity index (χ2v) is 4.15. The summed E-state index contributed by atoms with van der Waals surface area (Å²) < 4.78 is 9.82. The van der Waals surface area contributed by atoms with Gasteiger partial charge in [-0.2, -0.15) is 0 Å². The van der Waals surface area contributed by atoms with Gasteiger partial charge < -0.3 is 14.6 Å². The van der Waals surface area contributed by atoms with E-state index in [-0.39, 0.29) is 18.5 Å². The lowest BCUT2D eigenvalue weighted by molar-refractivity contribution is -0.159. The standard InChI is InChI=1S/C10H18O4/c1-7(2)8(9(11)13-3)10(12)4-5-14-6-10/h7-8,12H,4-6H2,1-3H3. The van der Waals surface area contributed by atoms with Gasteiger partial charge in [-0.1, -0.05) is 13.8 Å². The molecule has 4 heteroatoms. The van der Waals surface area contributed by atoms with Gasteiger partial charge in [-0.05, 0) is 5.92 Å². The summed E-state index contributed by atoms with van der Waals surface area (Å²) in [6.07, 6.45) is 0.505. The first-order valence-electron chi connectivity index (χ1n) is 4.89. The second kappa shape index (κ2) is 4.28. The number of ether oxygens (including phenoxy) is 2. The van der Waals surface area contributed by atoms with Crippen molar-refractivity contribution < 1.29 is 19.4 Å². The van der Waals surface area contributed by atoms with E-state index >= 15 is 0 Å². The van der Waals surface area contributed by atoms with Gasteiger partial charge in [-0.3, -0.25) is 4.79 Å². The predicted octanol–water partition coefficient (Wildman–Crippen LogP) is 0.583. The van der Waals surface area contributed by atoms with Gasteiger partial charge in [-0.25, -0.2) is 0 Å². The first kappa shape index (κ1) is 11.5. The number of methoxy groups -OCH3 is 1. The Morgan fingerprint density at radius 2 is 2.21 bits per heavy atom. The van der Waals surface area contributed by atoms with Crippen molar-refractivity contribution >= 4 is 5.97 Å². The molecule has 82 valence electrons. The van der Waals surface area contributed by atoms with Gasteiger partial charge in [0.05, 0.1) is 19.6 Å². The van der Waals surface area contributed by atoms with Crippen LogP contribution in [0.4, 0.5) is 0 Å². The summed E-state index contributed by atoms with van der Waals surface area (Å²) in [5, 5.41) is 10.2. The van der Waals surface area contributed by atoms with Crippen molar-refractivity contribution in [3.8, 4) is 0 Å². The SMILES string of the molecule is COC(=O)C(C(C)C)C1(O)CCOC1. The van der Waals surface area contributed by atoms with E-state index in [2.05, 4.69) is 0 Å². The van der Waals surface area contributed by atoms with Crippen LogP contribution in [0.2, 0.25) is 0 Å². The van der Waals surface area contributed by atoms with Crippen LogP contribution in [0.15, 0.2) is 0 Å². The Hall–Kier alpha value is -0.610. The van der Waals surface area contributed by atoms with Crippen LogP contribution in [0.25, 0.3) is 0 Å². The minimum absolute atomic E-state index is 0.0501. The minimum atomic E-state index is -1.04.